The summed E-state index contributed by atoms with van der Waals surface area (Å²) >= 11 is 0. The number of nitrogens with zero attached hydrogens (tertiary/aromatic N) is 1. The summed E-state index contributed by atoms with van der Waals surface area (Å²) in [4.78, 5) is 16.2. The smallest absolute Gasteiger partial charge is 0.356 e. The summed E-state index contributed by atoms with van der Waals surface area (Å²) in [7, 11) is 2.95. The van der Waals surface area contributed by atoms with Crippen molar-refractivity contribution in [3.63, 3.8) is 0 Å². The highest BCUT2D eigenvalue weighted by Crippen LogP contribution is 2.38. The van der Waals surface area contributed by atoms with Crippen molar-refractivity contribution in [3.05, 3.63) is 100 Å². The Morgan fingerprint density at radius 1 is 1.06 bits per heavy atom. The maximum Gasteiger partial charge on any atom is 0.356 e. The van der Waals surface area contributed by atoms with Gasteiger partial charge in [-0.25, -0.2) is 4.79 Å². The number of aryl methyl sites for hydroxylation is 2. The molecule has 0 saturated carbocycles. The zero-order valence-electron chi connectivity index (χ0n) is 18.2. The zero-order valence-corrected chi connectivity index (χ0v) is 18.2. The van der Waals surface area contributed by atoms with Gasteiger partial charge < -0.3 is 9.47 Å². The molecule has 1 aliphatic carbocycles. The molecule has 0 amide bonds. The third-order valence-electron chi connectivity index (χ3n) is 5.93. The predicted molar refractivity (Wildman–Crippen MR) is 123 cm³/mol. The Kier molecular flexibility index (Phi) is 6.17. The largest absolute Gasteiger partial charge is 0.489 e. The molecule has 0 radical (unpaired) electrons. The van der Waals surface area contributed by atoms with Crippen molar-refractivity contribution in [2.75, 3.05) is 14.2 Å². The molecule has 0 bridgehead atoms. The summed E-state index contributed by atoms with van der Waals surface area (Å²) in [5.41, 5.74) is 7.48. The number of hydrogen-bond donors (Lipinski definition) is 0. The van der Waals surface area contributed by atoms with Crippen molar-refractivity contribution in [1.29, 1.82) is 0 Å². The number of hydrogen-bond acceptors (Lipinski definition) is 4. The molecule has 1 aliphatic rings. The lowest BCUT2D eigenvalue weighted by atomic mass is 9.92. The molecule has 4 rings (SSSR count). The van der Waals surface area contributed by atoms with Gasteiger partial charge in [0.05, 0.1) is 7.11 Å². The number of carbonyl (C=O) groups is 1. The third-order valence-corrected chi connectivity index (χ3v) is 5.93. The monoisotopic (exact) mass is 413 g/mol. The molecular formula is C27H27NO3. The van der Waals surface area contributed by atoms with Gasteiger partial charge in [-0.2, -0.15) is 0 Å². The van der Waals surface area contributed by atoms with Gasteiger partial charge in [0, 0.05) is 18.5 Å². The van der Waals surface area contributed by atoms with Gasteiger partial charge in [0.15, 0.2) is 5.71 Å². The first-order valence-corrected chi connectivity index (χ1v) is 10.6. The fourth-order valence-electron chi connectivity index (χ4n) is 4.35. The molecule has 31 heavy (non-hydrogen) atoms. The van der Waals surface area contributed by atoms with Crippen molar-refractivity contribution in [2.45, 2.75) is 32.3 Å². The summed E-state index contributed by atoms with van der Waals surface area (Å²) in [6.45, 7) is 2.50. The lowest BCUT2D eigenvalue weighted by molar-refractivity contribution is -0.132. The minimum absolute atomic E-state index is 0.298. The lowest BCUT2D eigenvalue weighted by Gasteiger charge is -2.14. The SMILES string of the molecule is CN=C(C(=O)OC)c1ccccc1COc1ccc(C2CCc3cc(C)ccc32)cc1. The fourth-order valence-corrected chi connectivity index (χ4v) is 4.35. The van der Waals surface area contributed by atoms with E-state index in [1.807, 2.05) is 36.4 Å². The quantitative estimate of drug-likeness (QED) is 0.410. The molecule has 1 unspecified atom stereocenters. The van der Waals surface area contributed by atoms with Gasteiger partial charge in [-0.15, -0.1) is 0 Å². The van der Waals surface area contributed by atoms with E-state index in [2.05, 4.69) is 42.2 Å². The zero-order chi connectivity index (χ0) is 21.8. The summed E-state index contributed by atoms with van der Waals surface area (Å²) in [5, 5.41) is 0. The number of carbonyl (C=O) groups excluding carboxylic acids is 1. The average molecular weight is 414 g/mol. The van der Waals surface area contributed by atoms with Crippen LogP contribution in [0.15, 0.2) is 71.7 Å². The van der Waals surface area contributed by atoms with Crippen LogP contribution < -0.4 is 4.74 Å². The van der Waals surface area contributed by atoms with Crippen molar-refractivity contribution in [2.24, 2.45) is 4.99 Å². The molecule has 0 fully saturated rings. The average Bonchev–Trinajstić information content (AvgIpc) is 3.22. The van der Waals surface area contributed by atoms with Crippen LogP contribution in [0.5, 0.6) is 5.75 Å². The Hall–Kier alpha value is -3.40. The number of methoxy groups -OCH3 is 1. The molecule has 0 aromatic heterocycles. The molecule has 3 aromatic carbocycles. The first kappa shape index (κ1) is 20.9. The third kappa shape index (κ3) is 4.38. The Labute approximate surface area is 183 Å². The molecule has 4 nitrogen and oxygen atoms in total. The summed E-state index contributed by atoms with van der Waals surface area (Å²) in [5.74, 6) is 0.800. The maximum absolute atomic E-state index is 12.0. The maximum atomic E-state index is 12.0. The second kappa shape index (κ2) is 9.17. The van der Waals surface area contributed by atoms with E-state index in [1.165, 1.54) is 29.4 Å². The van der Waals surface area contributed by atoms with Crippen LogP contribution in [0.3, 0.4) is 0 Å². The second-order valence-electron chi connectivity index (χ2n) is 7.87. The van der Waals surface area contributed by atoms with Gasteiger partial charge in [-0.1, -0.05) is 60.2 Å². The fraction of sp³-hybridized carbons (Fsp3) is 0.259. The first-order chi connectivity index (χ1) is 15.1. The standard InChI is InChI=1S/C27H27NO3/c1-18-8-14-24-20(16-18)11-15-23(24)19-9-12-22(13-10-19)31-17-21-6-4-5-7-25(21)26(28-2)27(29)30-3/h4-10,12-14,16,23H,11,15,17H2,1-3H3. The topological polar surface area (TPSA) is 47.9 Å². The van der Waals surface area contributed by atoms with Gasteiger partial charge in [0.1, 0.15) is 12.4 Å². The van der Waals surface area contributed by atoms with Crippen molar-refractivity contribution < 1.29 is 14.3 Å². The van der Waals surface area contributed by atoms with Crippen LogP contribution in [0.25, 0.3) is 0 Å². The molecule has 0 heterocycles. The van der Waals surface area contributed by atoms with E-state index in [0.29, 0.717) is 18.2 Å². The summed E-state index contributed by atoms with van der Waals surface area (Å²) in [6, 6.07) is 22.8. The number of esters is 1. The Morgan fingerprint density at radius 2 is 1.84 bits per heavy atom. The van der Waals surface area contributed by atoms with Crippen molar-refractivity contribution >= 4 is 11.7 Å². The molecule has 0 saturated heterocycles. The minimum atomic E-state index is -0.452. The van der Waals surface area contributed by atoms with Crippen molar-refractivity contribution in [1.82, 2.24) is 0 Å². The second-order valence-corrected chi connectivity index (χ2v) is 7.87. The number of ether oxygens (including phenoxy) is 2. The Balaban J connectivity index is 1.48. The molecule has 0 spiro atoms. The number of fused-ring (bicyclic) bond motifs is 1. The minimum Gasteiger partial charge on any atom is -0.489 e. The van der Waals surface area contributed by atoms with E-state index in [1.54, 1.807) is 7.05 Å². The summed E-state index contributed by atoms with van der Waals surface area (Å²) in [6.07, 6.45) is 2.29. The molecule has 0 aliphatic heterocycles. The molecule has 4 heteroatoms. The number of benzene rings is 3. The van der Waals surface area contributed by atoms with Crippen molar-refractivity contribution in [3.8, 4) is 5.75 Å². The Bertz CT molecular complexity index is 1120. The molecule has 0 N–H and O–H groups in total. The predicted octanol–water partition coefficient (Wildman–Crippen LogP) is 5.24. The van der Waals surface area contributed by atoms with Crippen LogP contribution in [0.4, 0.5) is 0 Å². The highest BCUT2D eigenvalue weighted by molar-refractivity contribution is 6.43. The van der Waals surface area contributed by atoms with Crippen LogP contribution in [0.1, 0.15) is 45.7 Å². The van der Waals surface area contributed by atoms with Crippen LogP contribution in [-0.4, -0.2) is 25.8 Å². The van der Waals surface area contributed by atoms with Crippen LogP contribution in [0, 0.1) is 6.92 Å². The van der Waals surface area contributed by atoms with Crippen LogP contribution in [-0.2, 0) is 22.6 Å². The van der Waals surface area contributed by atoms with Gasteiger partial charge in [-0.05, 0) is 54.2 Å². The van der Waals surface area contributed by atoms with Gasteiger partial charge >= 0.3 is 5.97 Å². The van der Waals surface area contributed by atoms with E-state index >= 15 is 0 Å². The van der Waals surface area contributed by atoms with Gasteiger partial charge in [-0.3, -0.25) is 4.99 Å². The van der Waals surface area contributed by atoms with Crippen LogP contribution in [0.2, 0.25) is 0 Å². The van der Waals surface area contributed by atoms with Gasteiger partial charge in [0.2, 0.25) is 0 Å². The molecule has 1 atom stereocenters. The van der Waals surface area contributed by atoms with E-state index in [4.69, 9.17) is 9.47 Å². The highest BCUT2D eigenvalue weighted by Gasteiger charge is 2.24. The van der Waals surface area contributed by atoms with E-state index in [9.17, 15) is 4.79 Å². The lowest BCUT2D eigenvalue weighted by Crippen LogP contribution is -2.19. The molecule has 3 aromatic rings. The van der Waals surface area contributed by atoms with Crippen LogP contribution >= 0.6 is 0 Å². The molecular weight excluding hydrogens is 386 g/mol. The first-order valence-electron chi connectivity index (χ1n) is 10.6. The normalized spacial score (nSPS) is 15.5. The van der Waals surface area contributed by atoms with E-state index < -0.39 is 5.97 Å². The Morgan fingerprint density at radius 3 is 2.58 bits per heavy atom. The highest BCUT2D eigenvalue weighted by atomic mass is 16.5. The summed E-state index contributed by atoms with van der Waals surface area (Å²) < 4.78 is 10.9. The number of rotatable bonds is 6. The van der Waals surface area contributed by atoms with E-state index in [-0.39, 0.29) is 0 Å². The number of aliphatic imine (C=N–C) groups is 1. The van der Waals surface area contributed by atoms with E-state index in [0.717, 1.165) is 29.7 Å². The van der Waals surface area contributed by atoms with Gasteiger partial charge in [0.25, 0.3) is 0 Å². The molecule has 158 valence electrons.